The van der Waals surface area contributed by atoms with Gasteiger partial charge in [0.25, 0.3) is 0 Å². The SMILES string of the molecule is CCOC(=O)c1c(C2CC2)csc1NC(=O)CN1CCN(c2ncccn2)CC1. The van der Waals surface area contributed by atoms with Crippen LogP contribution < -0.4 is 10.2 Å². The van der Waals surface area contributed by atoms with Crippen LogP contribution in [0.1, 0.15) is 41.6 Å². The summed E-state index contributed by atoms with van der Waals surface area (Å²) in [4.78, 5) is 37.8. The van der Waals surface area contributed by atoms with Gasteiger partial charge in [0.05, 0.1) is 18.7 Å². The third-order valence-electron chi connectivity index (χ3n) is 5.14. The summed E-state index contributed by atoms with van der Waals surface area (Å²) in [5, 5.41) is 5.53. The van der Waals surface area contributed by atoms with E-state index in [1.54, 1.807) is 25.4 Å². The molecule has 4 rings (SSSR count). The molecule has 2 aliphatic rings. The number of esters is 1. The lowest BCUT2D eigenvalue weighted by Gasteiger charge is -2.34. The Labute approximate surface area is 173 Å². The van der Waals surface area contributed by atoms with Gasteiger partial charge in [-0.3, -0.25) is 9.69 Å². The van der Waals surface area contributed by atoms with Crippen molar-refractivity contribution in [1.29, 1.82) is 0 Å². The third-order valence-corrected chi connectivity index (χ3v) is 6.06. The zero-order valence-electron chi connectivity index (χ0n) is 16.5. The van der Waals surface area contributed by atoms with Crippen LogP contribution in [0.4, 0.5) is 10.9 Å². The van der Waals surface area contributed by atoms with Gasteiger partial charge in [-0.05, 0) is 42.7 Å². The number of aromatic nitrogens is 2. The molecule has 1 saturated carbocycles. The maximum atomic E-state index is 12.6. The molecule has 3 heterocycles. The molecule has 8 nitrogen and oxygen atoms in total. The predicted octanol–water partition coefficient (Wildman–Crippen LogP) is 2.35. The van der Waals surface area contributed by atoms with Crippen LogP contribution in [0, 0.1) is 0 Å². The van der Waals surface area contributed by atoms with Crippen molar-refractivity contribution in [2.45, 2.75) is 25.7 Å². The molecule has 1 aliphatic carbocycles. The number of nitrogens with one attached hydrogen (secondary N) is 1. The molecule has 2 aromatic heterocycles. The smallest absolute Gasteiger partial charge is 0.341 e. The van der Waals surface area contributed by atoms with Crippen molar-refractivity contribution in [1.82, 2.24) is 14.9 Å². The van der Waals surface area contributed by atoms with Gasteiger partial charge in [-0.1, -0.05) is 0 Å². The average molecular weight is 416 g/mol. The fourth-order valence-electron chi connectivity index (χ4n) is 3.50. The first-order chi connectivity index (χ1) is 14.2. The van der Waals surface area contributed by atoms with E-state index in [1.165, 1.54) is 11.3 Å². The summed E-state index contributed by atoms with van der Waals surface area (Å²) in [6.07, 6.45) is 5.65. The maximum Gasteiger partial charge on any atom is 0.341 e. The summed E-state index contributed by atoms with van der Waals surface area (Å²) in [5.41, 5.74) is 1.55. The molecule has 1 saturated heterocycles. The van der Waals surface area contributed by atoms with Crippen LogP contribution in [-0.2, 0) is 9.53 Å². The summed E-state index contributed by atoms with van der Waals surface area (Å²) in [6, 6.07) is 1.80. The highest BCUT2D eigenvalue weighted by atomic mass is 32.1. The molecular formula is C20H25N5O3S. The quantitative estimate of drug-likeness (QED) is 0.695. The molecule has 2 aromatic rings. The van der Waals surface area contributed by atoms with E-state index in [2.05, 4.69) is 25.1 Å². The van der Waals surface area contributed by atoms with Crippen LogP contribution in [0.15, 0.2) is 23.8 Å². The first-order valence-corrected chi connectivity index (χ1v) is 10.9. The molecule has 0 unspecified atom stereocenters. The zero-order valence-corrected chi connectivity index (χ0v) is 17.3. The Kier molecular flexibility index (Phi) is 6.05. The molecule has 1 amide bonds. The second-order valence-electron chi connectivity index (χ2n) is 7.25. The van der Waals surface area contributed by atoms with Crippen molar-refractivity contribution < 1.29 is 14.3 Å². The minimum atomic E-state index is -0.345. The highest BCUT2D eigenvalue weighted by Crippen LogP contribution is 2.46. The number of piperazine rings is 1. The second kappa shape index (κ2) is 8.87. The topological polar surface area (TPSA) is 87.7 Å². The number of rotatable bonds is 7. The maximum absolute atomic E-state index is 12.6. The molecule has 0 atom stereocenters. The van der Waals surface area contributed by atoms with Gasteiger partial charge < -0.3 is 15.0 Å². The zero-order chi connectivity index (χ0) is 20.2. The minimum Gasteiger partial charge on any atom is -0.462 e. The van der Waals surface area contributed by atoms with Crippen molar-refractivity contribution in [2.24, 2.45) is 0 Å². The van der Waals surface area contributed by atoms with Crippen LogP contribution in [-0.4, -0.2) is 66.1 Å². The third kappa shape index (κ3) is 4.73. The lowest BCUT2D eigenvalue weighted by molar-refractivity contribution is -0.117. The molecule has 0 aromatic carbocycles. The van der Waals surface area contributed by atoms with Crippen molar-refractivity contribution >= 4 is 34.2 Å². The number of hydrogen-bond acceptors (Lipinski definition) is 8. The molecule has 0 radical (unpaired) electrons. The van der Waals surface area contributed by atoms with Gasteiger partial charge in [-0.2, -0.15) is 0 Å². The van der Waals surface area contributed by atoms with Crippen LogP contribution in [0.25, 0.3) is 0 Å². The van der Waals surface area contributed by atoms with Crippen LogP contribution in [0.5, 0.6) is 0 Å². The van der Waals surface area contributed by atoms with Crippen LogP contribution in [0.3, 0.4) is 0 Å². The minimum absolute atomic E-state index is 0.107. The second-order valence-corrected chi connectivity index (χ2v) is 8.13. The molecular weight excluding hydrogens is 390 g/mol. The summed E-state index contributed by atoms with van der Waals surface area (Å²) >= 11 is 1.41. The number of carbonyl (C=O) groups excluding carboxylic acids is 2. The standard InChI is InChI=1S/C20H25N5O3S/c1-2-28-19(27)17-15(14-4-5-14)13-29-18(17)23-16(26)12-24-8-10-25(11-9-24)20-21-6-3-7-22-20/h3,6-7,13-14H,2,4-5,8-12H2,1H3,(H,23,26). The van der Waals surface area contributed by atoms with E-state index in [4.69, 9.17) is 4.74 Å². The highest BCUT2D eigenvalue weighted by molar-refractivity contribution is 7.15. The van der Waals surface area contributed by atoms with Crippen molar-refractivity contribution in [3.8, 4) is 0 Å². The Morgan fingerprint density at radius 3 is 2.59 bits per heavy atom. The van der Waals surface area contributed by atoms with E-state index in [1.807, 2.05) is 5.38 Å². The molecule has 29 heavy (non-hydrogen) atoms. The molecule has 2 fully saturated rings. The van der Waals surface area contributed by atoms with E-state index in [-0.39, 0.29) is 11.9 Å². The van der Waals surface area contributed by atoms with Crippen LogP contribution in [0.2, 0.25) is 0 Å². The number of anilines is 2. The lowest BCUT2D eigenvalue weighted by Crippen LogP contribution is -2.49. The number of nitrogens with zero attached hydrogens (tertiary/aromatic N) is 4. The number of thiophene rings is 1. The van der Waals surface area contributed by atoms with Crippen molar-refractivity contribution in [2.75, 3.05) is 49.5 Å². The van der Waals surface area contributed by atoms with Gasteiger partial charge in [0.1, 0.15) is 5.00 Å². The van der Waals surface area contributed by atoms with E-state index < -0.39 is 0 Å². The van der Waals surface area contributed by atoms with E-state index in [0.29, 0.717) is 29.6 Å². The largest absolute Gasteiger partial charge is 0.462 e. The molecule has 9 heteroatoms. The first-order valence-electron chi connectivity index (χ1n) is 9.98. The lowest BCUT2D eigenvalue weighted by atomic mass is 10.1. The Hall–Kier alpha value is -2.52. The molecule has 154 valence electrons. The molecule has 1 N–H and O–H groups in total. The predicted molar refractivity (Wildman–Crippen MR) is 112 cm³/mol. The number of carbonyl (C=O) groups is 2. The summed E-state index contributed by atoms with van der Waals surface area (Å²) < 4.78 is 5.22. The molecule has 0 bridgehead atoms. The van der Waals surface area contributed by atoms with E-state index in [9.17, 15) is 9.59 Å². The van der Waals surface area contributed by atoms with Gasteiger partial charge in [0.2, 0.25) is 11.9 Å². The Bertz CT molecular complexity index is 860. The fourth-order valence-corrected chi connectivity index (χ4v) is 4.55. The Morgan fingerprint density at radius 2 is 1.93 bits per heavy atom. The van der Waals surface area contributed by atoms with Crippen molar-refractivity contribution in [3.63, 3.8) is 0 Å². The van der Waals surface area contributed by atoms with Gasteiger partial charge in [-0.15, -0.1) is 11.3 Å². The van der Waals surface area contributed by atoms with Gasteiger partial charge >= 0.3 is 5.97 Å². The van der Waals surface area contributed by atoms with Crippen LogP contribution >= 0.6 is 11.3 Å². The number of ether oxygens (including phenoxy) is 1. The van der Waals surface area contributed by atoms with Crippen molar-refractivity contribution in [3.05, 3.63) is 35.0 Å². The molecule has 1 aliphatic heterocycles. The fraction of sp³-hybridized carbons (Fsp3) is 0.500. The van der Waals surface area contributed by atoms with Gasteiger partial charge in [0, 0.05) is 38.6 Å². The Morgan fingerprint density at radius 1 is 1.21 bits per heavy atom. The van der Waals surface area contributed by atoms with Gasteiger partial charge in [0.15, 0.2) is 0 Å². The van der Waals surface area contributed by atoms with E-state index in [0.717, 1.165) is 50.5 Å². The Balaban J connectivity index is 1.34. The monoisotopic (exact) mass is 415 g/mol. The molecule has 0 spiro atoms. The number of hydrogen-bond donors (Lipinski definition) is 1. The summed E-state index contributed by atoms with van der Waals surface area (Å²) in [5.74, 6) is 0.693. The average Bonchev–Trinajstić information content (AvgIpc) is 3.50. The highest BCUT2D eigenvalue weighted by Gasteiger charge is 2.32. The van der Waals surface area contributed by atoms with Gasteiger partial charge in [-0.25, -0.2) is 14.8 Å². The van der Waals surface area contributed by atoms with E-state index >= 15 is 0 Å². The summed E-state index contributed by atoms with van der Waals surface area (Å²) in [6.45, 7) is 5.47. The number of amides is 1. The summed E-state index contributed by atoms with van der Waals surface area (Å²) in [7, 11) is 0. The normalized spacial score (nSPS) is 17.2. The first kappa shape index (κ1) is 19.8.